The number of hydrogen-bond acceptors (Lipinski definition) is 6. The third kappa shape index (κ3) is 3.77. The van der Waals surface area contributed by atoms with E-state index < -0.39 is 10.0 Å². The van der Waals surface area contributed by atoms with Crippen LogP contribution in [0, 0.1) is 6.92 Å². The van der Waals surface area contributed by atoms with Crippen LogP contribution in [0.4, 0.5) is 11.6 Å². The van der Waals surface area contributed by atoms with Gasteiger partial charge < -0.3 is 9.64 Å². The second-order valence-corrected chi connectivity index (χ2v) is 6.98. The van der Waals surface area contributed by atoms with Gasteiger partial charge in [0.05, 0.1) is 18.1 Å². The Morgan fingerprint density at radius 3 is 2.57 bits per heavy atom. The number of ether oxygens (including phenoxy) is 1. The molecule has 23 heavy (non-hydrogen) atoms. The fraction of sp³-hybridized carbons (Fsp3) is 0.333. The normalized spacial score (nSPS) is 15.4. The lowest BCUT2D eigenvalue weighted by molar-refractivity contribution is 0.122. The molecule has 0 atom stereocenters. The average molecular weight is 334 g/mol. The number of benzene rings is 1. The molecule has 1 N–H and O–H groups in total. The smallest absolute Gasteiger partial charge is 0.263 e. The van der Waals surface area contributed by atoms with E-state index in [-0.39, 0.29) is 10.7 Å². The molecule has 1 aliphatic heterocycles. The van der Waals surface area contributed by atoms with Crippen LogP contribution in [0.3, 0.4) is 0 Å². The molecule has 2 heterocycles. The summed E-state index contributed by atoms with van der Waals surface area (Å²) in [5, 5.41) is 8.06. The van der Waals surface area contributed by atoms with Gasteiger partial charge in [0.1, 0.15) is 0 Å². The van der Waals surface area contributed by atoms with Crippen LogP contribution in [-0.2, 0) is 14.8 Å². The molecule has 0 spiro atoms. The lowest BCUT2D eigenvalue weighted by Crippen LogP contribution is -2.36. The van der Waals surface area contributed by atoms with Gasteiger partial charge in [-0.25, -0.2) is 8.42 Å². The summed E-state index contributed by atoms with van der Waals surface area (Å²) < 4.78 is 32.4. The minimum atomic E-state index is -3.66. The maximum atomic E-state index is 12.3. The molecule has 0 amide bonds. The highest BCUT2D eigenvalue weighted by atomic mass is 32.2. The summed E-state index contributed by atoms with van der Waals surface area (Å²) in [4.78, 5) is 2.26. The van der Waals surface area contributed by atoms with E-state index >= 15 is 0 Å². The summed E-state index contributed by atoms with van der Waals surface area (Å²) >= 11 is 0. The highest BCUT2D eigenvalue weighted by molar-refractivity contribution is 7.92. The van der Waals surface area contributed by atoms with Gasteiger partial charge in [-0.05, 0) is 36.8 Å². The molecule has 7 nitrogen and oxygen atoms in total. The Kier molecular flexibility index (Phi) is 4.44. The van der Waals surface area contributed by atoms with Crippen molar-refractivity contribution in [2.24, 2.45) is 0 Å². The Labute approximate surface area is 135 Å². The quantitative estimate of drug-likeness (QED) is 0.910. The monoisotopic (exact) mass is 334 g/mol. The van der Waals surface area contributed by atoms with Crippen LogP contribution in [-0.4, -0.2) is 44.9 Å². The minimum absolute atomic E-state index is 0.198. The number of rotatable bonds is 4. The van der Waals surface area contributed by atoms with Crippen molar-refractivity contribution in [2.75, 3.05) is 35.9 Å². The number of aryl methyl sites for hydroxylation is 1. The minimum Gasteiger partial charge on any atom is -0.378 e. The molecule has 0 saturated carbocycles. The zero-order valence-electron chi connectivity index (χ0n) is 12.8. The highest BCUT2D eigenvalue weighted by Crippen LogP contribution is 2.17. The second-order valence-electron chi connectivity index (χ2n) is 5.30. The third-order valence-electron chi connectivity index (χ3n) is 3.52. The standard InChI is InChI=1S/C15H18N4O3S/c1-12-3-2-4-13(11-12)23(20,21)18-14-5-6-15(17-16-14)19-7-9-22-10-8-19/h2-6,11H,7-10H2,1H3,(H,16,18). The predicted molar refractivity (Wildman–Crippen MR) is 87.1 cm³/mol. The van der Waals surface area contributed by atoms with Gasteiger partial charge in [-0.1, -0.05) is 12.1 Å². The van der Waals surface area contributed by atoms with Crippen molar-refractivity contribution in [1.29, 1.82) is 0 Å². The van der Waals surface area contributed by atoms with Gasteiger partial charge in [0.25, 0.3) is 10.0 Å². The largest absolute Gasteiger partial charge is 0.378 e. The Hall–Kier alpha value is -2.19. The first-order chi connectivity index (χ1) is 11.0. The van der Waals surface area contributed by atoms with Gasteiger partial charge in [0.15, 0.2) is 11.6 Å². The predicted octanol–water partition coefficient (Wildman–Crippen LogP) is 1.42. The molecule has 1 saturated heterocycles. The fourth-order valence-corrected chi connectivity index (χ4v) is 3.42. The molecule has 0 unspecified atom stereocenters. The van der Waals surface area contributed by atoms with Crippen molar-refractivity contribution in [2.45, 2.75) is 11.8 Å². The van der Waals surface area contributed by atoms with E-state index in [1.165, 1.54) is 0 Å². The number of hydrogen-bond donors (Lipinski definition) is 1. The lowest BCUT2D eigenvalue weighted by Gasteiger charge is -2.27. The molecule has 1 aliphatic rings. The van der Waals surface area contributed by atoms with Crippen molar-refractivity contribution in [3.8, 4) is 0 Å². The van der Waals surface area contributed by atoms with Crippen LogP contribution in [0.2, 0.25) is 0 Å². The van der Waals surface area contributed by atoms with E-state index in [4.69, 9.17) is 4.74 Å². The number of anilines is 2. The summed E-state index contributed by atoms with van der Waals surface area (Å²) in [5.74, 6) is 0.912. The highest BCUT2D eigenvalue weighted by Gasteiger charge is 2.16. The Bertz CT molecular complexity index is 772. The first-order valence-electron chi connectivity index (χ1n) is 7.30. The number of morpholine rings is 1. The molecule has 3 rings (SSSR count). The molecular weight excluding hydrogens is 316 g/mol. The van der Waals surface area contributed by atoms with Gasteiger partial charge >= 0.3 is 0 Å². The first-order valence-corrected chi connectivity index (χ1v) is 8.79. The second kappa shape index (κ2) is 6.51. The molecule has 122 valence electrons. The summed E-state index contributed by atoms with van der Waals surface area (Å²) in [6.45, 7) is 4.66. The summed E-state index contributed by atoms with van der Waals surface area (Å²) in [6, 6.07) is 10.1. The van der Waals surface area contributed by atoms with Gasteiger partial charge in [-0.2, -0.15) is 0 Å². The van der Waals surface area contributed by atoms with E-state index in [0.717, 1.165) is 18.7 Å². The summed E-state index contributed by atoms with van der Waals surface area (Å²) in [6.07, 6.45) is 0. The van der Waals surface area contributed by atoms with E-state index in [2.05, 4.69) is 19.8 Å². The molecule has 1 aromatic carbocycles. The van der Waals surface area contributed by atoms with Crippen LogP contribution in [0.15, 0.2) is 41.3 Å². The molecule has 0 aliphatic carbocycles. The van der Waals surface area contributed by atoms with Crippen molar-refractivity contribution in [1.82, 2.24) is 10.2 Å². The Balaban J connectivity index is 1.75. The van der Waals surface area contributed by atoms with Crippen LogP contribution in [0.25, 0.3) is 0 Å². The molecule has 1 fully saturated rings. The van der Waals surface area contributed by atoms with Gasteiger partial charge in [-0.15, -0.1) is 10.2 Å². The van der Waals surface area contributed by atoms with Crippen LogP contribution in [0.1, 0.15) is 5.56 Å². The van der Waals surface area contributed by atoms with Gasteiger partial charge in [0, 0.05) is 13.1 Å². The van der Waals surface area contributed by atoms with Crippen molar-refractivity contribution < 1.29 is 13.2 Å². The van der Waals surface area contributed by atoms with Gasteiger partial charge in [-0.3, -0.25) is 4.72 Å². The van der Waals surface area contributed by atoms with Crippen molar-refractivity contribution in [3.63, 3.8) is 0 Å². The van der Waals surface area contributed by atoms with E-state index in [9.17, 15) is 8.42 Å². The SMILES string of the molecule is Cc1cccc(S(=O)(=O)Nc2ccc(N3CCOCC3)nn2)c1. The van der Waals surface area contributed by atoms with Crippen molar-refractivity contribution in [3.05, 3.63) is 42.0 Å². The first kappa shape index (κ1) is 15.7. The molecule has 8 heteroatoms. The Morgan fingerprint density at radius 2 is 1.91 bits per heavy atom. The zero-order valence-corrected chi connectivity index (χ0v) is 13.6. The molecular formula is C15H18N4O3S. The van der Waals surface area contributed by atoms with Gasteiger partial charge in [0.2, 0.25) is 0 Å². The third-order valence-corrected chi connectivity index (χ3v) is 4.88. The van der Waals surface area contributed by atoms with E-state index in [1.54, 1.807) is 30.3 Å². The number of nitrogens with zero attached hydrogens (tertiary/aromatic N) is 3. The number of nitrogens with one attached hydrogen (secondary N) is 1. The fourth-order valence-electron chi connectivity index (χ4n) is 2.32. The molecule has 0 bridgehead atoms. The summed E-state index contributed by atoms with van der Waals surface area (Å²) in [7, 11) is -3.66. The van der Waals surface area contributed by atoms with Crippen LogP contribution < -0.4 is 9.62 Å². The van der Waals surface area contributed by atoms with Crippen LogP contribution >= 0.6 is 0 Å². The van der Waals surface area contributed by atoms with E-state index in [0.29, 0.717) is 19.0 Å². The van der Waals surface area contributed by atoms with Crippen LogP contribution in [0.5, 0.6) is 0 Å². The maximum Gasteiger partial charge on any atom is 0.263 e. The Morgan fingerprint density at radius 1 is 1.13 bits per heavy atom. The van der Waals surface area contributed by atoms with Crippen molar-refractivity contribution >= 4 is 21.7 Å². The average Bonchev–Trinajstić information content (AvgIpc) is 2.56. The number of sulfonamides is 1. The molecule has 1 aromatic heterocycles. The maximum absolute atomic E-state index is 12.3. The molecule has 0 radical (unpaired) electrons. The lowest BCUT2D eigenvalue weighted by atomic mass is 10.2. The number of aromatic nitrogens is 2. The molecule has 2 aromatic rings. The zero-order chi connectivity index (χ0) is 16.3. The van der Waals surface area contributed by atoms with E-state index in [1.807, 2.05) is 13.0 Å². The topological polar surface area (TPSA) is 84.4 Å². The summed E-state index contributed by atoms with van der Waals surface area (Å²) in [5.41, 5.74) is 0.877.